The van der Waals surface area contributed by atoms with Crippen LogP contribution in [0.25, 0.3) is 0 Å². The van der Waals surface area contributed by atoms with E-state index < -0.39 is 5.97 Å². The number of carbonyl (C=O) groups excluding carboxylic acids is 1. The van der Waals surface area contributed by atoms with Gasteiger partial charge in [0.1, 0.15) is 0 Å². The number of hydrogen-bond acceptors (Lipinski definition) is 3. The molecule has 0 radical (unpaired) electrons. The van der Waals surface area contributed by atoms with Crippen molar-refractivity contribution in [3.8, 4) is 0 Å². The van der Waals surface area contributed by atoms with Gasteiger partial charge in [0.2, 0.25) is 5.91 Å². The Bertz CT molecular complexity index is 603. The lowest BCUT2D eigenvalue weighted by molar-refractivity contribution is -0.121. The highest BCUT2D eigenvalue weighted by atomic mass is 79.9. The second kappa shape index (κ2) is 5.42. The summed E-state index contributed by atoms with van der Waals surface area (Å²) < 4.78 is 0.562. The topological polar surface area (TPSA) is 92.4 Å². The van der Waals surface area contributed by atoms with Gasteiger partial charge < -0.3 is 16.2 Å². The van der Waals surface area contributed by atoms with E-state index in [1.807, 2.05) is 0 Å². The second-order valence-corrected chi connectivity index (χ2v) is 6.75. The largest absolute Gasteiger partial charge is 0.478 e. The highest BCUT2D eigenvalue weighted by Crippen LogP contribution is 2.48. The highest BCUT2D eigenvalue weighted by molar-refractivity contribution is 9.10. The zero-order chi connectivity index (χ0) is 15.1. The maximum atomic E-state index is 12.5. The van der Waals surface area contributed by atoms with Crippen molar-refractivity contribution in [1.29, 1.82) is 0 Å². The Kier molecular flexibility index (Phi) is 3.75. The number of anilines is 1. The van der Waals surface area contributed by atoms with Crippen molar-refractivity contribution in [2.75, 3.05) is 5.32 Å². The van der Waals surface area contributed by atoms with Crippen molar-refractivity contribution < 1.29 is 14.7 Å². The third kappa shape index (κ3) is 2.46. The van der Waals surface area contributed by atoms with E-state index in [9.17, 15) is 14.7 Å². The Morgan fingerprint density at radius 1 is 1.29 bits per heavy atom. The molecule has 2 saturated carbocycles. The van der Waals surface area contributed by atoms with Crippen LogP contribution in [-0.4, -0.2) is 23.0 Å². The van der Waals surface area contributed by atoms with Gasteiger partial charge >= 0.3 is 5.97 Å². The summed E-state index contributed by atoms with van der Waals surface area (Å²) in [5.41, 5.74) is 6.55. The minimum Gasteiger partial charge on any atom is -0.478 e. The summed E-state index contributed by atoms with van der Waals surface area (Å²) in [7, 11) is 0. The van der Waals surface area contributed by atoms with Crippen molar-refractivity contribution in [3.05, 3.63) is 28.2 Å². The van der Waals surface area contributed by atoms with Gasteiger partial charge in [-0.15, -0.1) is 0 Å². The Hall–Kier alpha value is -1.40. The summed E-state index contributed by atoms with van der Waals surface area (Å²) >= 11 is 3.30. The van der Waals surface area contributed by atoms with Gasteiger partial charge in [-0.1, -0.05) is 6.07 Å². The minimum absolute atomic E-state index is 0.0782. The van der Waals surface area contributed by atoms with Crippen molar-refractivity contribution in [3.63, 3.8) is 0 Å². The first kappa shape index (κ1) is 14.5. The van der Waals surface area contributed by atoms with Crippen LogP contribution in [0.3, 0.4) is 0 Å². The fourth-order valence-electron chi connectivity index (χ4n) is 3.76. The van der Waals surface area contributed by atoms with Crippen LogP contribution in [0, 0.1) is 17.8 Å². The van der Waals surface area contributed by atoms with Gasteiger partial charge in [0.25, 0.3) is 0 Å². The molecule has 3 rings (SSSR count). The molecule has 21 heavy (non-hydrogen) atoms. The molecule has 1 aromatic carbocycles. The number of carbonyl (C=O) groups is 2. The first-order valence-electron chi connectivity index (χ1n) is 7.07. The van der Waals surface area contributed by atoms with Crippen LogP contribution in [0.5, 0.6) is 0 Å². The molecule has 6 heteroatoms. The minimum atomic E-state index is -1.07. The van der Waals surface area contributed by atoms with Crippen molar-refractivity contribution in [1.82, 2.24) is 0 Å². The van der Waals surface area contributed by atoms with Gasteiger partial charge in [-0.3, -0.25) is 4.79 Å². The zero-order valence-electron chi connectivity index (χ0n) is 11.4. The third-order valence-electron chi connectivity index (χ3n) is 4.78. The van der Waals surface area contributed by atoms with Crippen LogP contribution in [-0.2, 0) is 4.79 Å². The lowest BCUT2D eigenvalue weighted by Crippen LogP contribution is -2.42. The molecular formula is C15H17BrN2O3. The summed E-state index contributed by atoms with van der Waals surface area (Å²) in [6, 6.07) is 4.71. The van der Waals surface area contributed by atoms with Crippen molar-refractivity contribution >= 4 is 33.5 Å². The van der Waals surface area contributed by atoms with E-state index in [2.05, 4.69) is 21.2 Å². The number of carboxylic acid groups (broad SMARTS) is 1. The second-order valence-electron chi connectivity index (χ2n) is 5.89. The Balaban J connectivity index is 1.84. The molecule has 0 aliphatic heterocycles. The summed E-state index contributed by atoms with van der Waals surface area (Å²) in [5, 5.41) is 12.0. The van der Waals surface area contributed by atoms with Crippen LogP contribution < -0.4 is 11.1 Å². The lowest BCUT2D eigenvalue weighted by atomic mass is 9.84. The standard InChI is InChI=1S/C15H17BrN2O3/c16-10-3-1-2-9(15(20)21)13(10)18-14(19)11-7-4-5-8(6-7)12(11)17/h1-3,7-8,11-12H,4-6,17H2,(H,18,19)(H,20,21). The number of amides is 1. The fourth-order valence-corrected chi connectivity index (χ4v) is 4.23. The van der Waals surface area contributed by atoms with Crippen molar-refractivity contribution in [2.24, 2.45) is 23.5 Å². The van der Waals surface area contributed by atoms with E-state index >= 15 is 0 Å². The normalized spacial score (nSPS) is 30.4. The Labute approximate surface area is 131 Å². The number of nitrogens with two attached hydrogens (primary N) is 1. The van der Waals surface area contributed by atoms with Crippen LogP contribution in [0.1, 0.15) is 29.6 Å². The fraction of sp³-hybridized carbons (Fsp3) is 0.467. The summed E-state index contributed by atoms with van der Waals surface area (Å²) in [6.07, 6.45) is 3.16. The van der Waals surface area contributed by atoms with Gasteiger partial charge in [0.15, 0.2) is 0 Å². The van der Waals surface area contributed by atoms with E-state index in [4.69, 9.17) is 5.73 Å². The number of hydrogen-bond donors (Lipinski definition) is 3. The van der Waals surface area contributed by atoms with Gasteiger partial charge in [0.05, 0.1) is 17.2 Å². The molecular weight excluding hydrogens is 336 g/mol. The van der Waals surface area contributed by atoms with Gasteiger partial charge in [-0.2, -0.15) is 0 Å². The average molecular weight is 353 g/mol. The number of halogens is 1. The summed E-state index contributed by atoms with van der Waals surface area (Å²) in [6.45, 7) is 0. The molecule has 1 aromatic rings. The summed E-state index contributed by atoms with van der Waals surface area (Å²) in [4.78, 5) is 23.8. The van der Waals surface area contributed by atoms with Crippen LogP contribution >= 0.6 is 15.9 Å². The first-order chi connectivity index (χ1) is 9.99. The van der Waals surface area contributed by atoms with Crippen molar-refractivity contribution in [2.45, 2.75) is 25.3 Å². The Morgan fingerprint density at radius 2 is 2.00 bits per heavy atom. The monoisotopic (exact) mass is 352 g/mol. The van der Waals surface area contributed by atoms with E-state index in [1.54, 1.807) is 12.1 Å². The molecule has 0 saturated heterocycles. The predicted molar refractivity (Wildman–Crippen MR) is 82.0 cm³/mol. The number of carboxylic acids is 1. The number of fused-ring (bicyclic) bond motifs is 2. The summed E-state index contributed by atoms with van der Waals surface area (Å²) in [5.74, 6) is -0.671. The van der Waals surface area contributed by atoms with E-state index in [0.717, 1.165) is 19.3 Å². The predicted octanol–water partition coefficient (Wildman–Crippen LogP) is 2.46. The number of aromatic carboxylic acids is 1. The molecule has 0 heterocycles. The quantitative estimate of drug-likeness (QED) is 0.778. The molecule has 4 atom stereocenters. The van der Waals surface area contributed by atoms with Gasteiger partial charge in [-0.25, -0.2) is 4.79 Å². The maximum Gasteiger partial charge on any atom is 0.337 e. The van der Waals surface area contributed by atoms with Crippen LogP contribution in [0.15, 0.2) is 22.7 Å². The molecule has 0 aromatic heterocycles. The lowest BCUT2D eigenvalue weighted by Gasteiger charge is -2.27. The molecule has 2 aliphatic carbocycles. The number of para-hydroxylation sites is 1. The number of benzene rings is 1. The van der Waals surface area contributed by atoms with Gasteiger partial charge in [0, 0.05) is 10.5 Å². The van der Waals surface area contributed by atoms with E-state index in [-0.39, 0.29) is 23.4 Å². The molecule has 4 N–H and O–H groups in total. The molecule has 5 nitrogen and oxygen atoms in total. The molecule has 2 fully saturated rings. The number of rotatable bonds is 3. The molecule has 112 valence electrons. The average Bonchev–Trinajstić information content (AvgIpc) is 3.01. The van der Waals surface area contributed by atoms with Crippen LogP contribution in [0.2, 0.25) is 0 Å². The zero-order valence-corrected chi connectivity index (χ0v) is 13.0. The number of nitrogens with one attached hydrogen (secondary N) is 1. The van der Waals surface area contributed by atoms with Crippen LogP contribution in [0.4, 0.5) is 5.69 Å². The molecule has 1 amide bonds. The SMILES string of the molecule is NC1C2CCC(C2)C1C(=O)Nc1c(Br)cccc1C(=O)O. The van der Waals surface area contributed by atoms with E-state index in [1.165, 1.54) is 6.07 Å². The third-order valence-corrected chi connectivity index (χ3v) is 5.44. The molecule has 2 bridgehead atoms. The van der Waals surface area contributed by atoms with E-state index in [0.29, 0.717) is 22.0 Å². The Morgan fingerprint density at radius 3 is 2.62 bits per heavy atom. The molecule has 2 aliphatic rings. The smallest absolute Gasteiger partial charge is 0.337 e. The molecule has 0 spiro atoms. The highest BCUT2D eigenvalue weighted by Gasteiger charge is 2.49. The van der Waals surface area contributed by atoms with Gasteiger partial charge in [-0.05, 0) is 59.2 Å². The maximum absolute atomic E-state index is 12.5. The molecule has 4 unspecified atom stereocenters. The first-order valence-corrected chi connectivity index (χ1v) is 7.86.